The number of nitrogens with two attached hydrogens (primary N) is 1. The van der Waals surface area contributed by atoms with Crippen molar-refractivity contribution in [2.75, 3.05) is 19.3 Å². The highest BCUT2D eigenvalue weighted by molar-refractivity contribution is 6.31. The van der Waals surface area contributed by atoms with Gasteiger partial charge < -0.3 is 10.6 Å². The van der Waals surface area contributed by atoms with Crippen LogP contribution in [0.2, 0.25) is 5.02 Å². The number of halogens is 1. The lowest BCUT2D eigenvalue weighted by Crippen LogP contribution is -2.19. The second-order valence-electron chi connectivity index (χ2n) is 5.17. The van der Waals surface area contributed by atoms with E-state index in [1.807, 2.05) is 30.3 Å². The summed E-state index contributed by atoms with van der Waals surface area (Å²) in [6, 6.07) is 16.1. The Kier molecular flexibility index (Phi) is 5.45. The zero-order valence-electron chi connectivity index (χ0n) is 11.8. The van der Waals surface area contributed by atoms with E-state index < -0.39 is 0 Å². The van der Waals surface area contributed by atoms with E-state index in [0.29, 0.717) is 0 Å². The fourth-order valence-corrected chi connectivity index (χ4v) is 2.43. The molecule has 0 aliphatic rings. The van der Waals surface area contributed by atoms with Gasteiger partial charge in [0.2, 0.25) is 0 Å². The number of aryl methyl sites for hydroxylation is 1. The van der Waals surface area contributed by atoms with Crippen LogP contribution in [0.15, 0.2) is 48.5 Å². The minimum absolute atomic E-state index is 0.824. The first-order chi connectivity index (χ1) is 9.65. The molecular formula is C17H21ClN2. The number of nitrogens with zero attached hydrogens (tertiary/aromatic N) is 1. The lowest BCUT2D eigenvalue weighted by atomic mass is 10.1. The van der Waals surface area contributed by atoms with E-state index in [0.717, 1.165) is 36.6 Å². The maximum Gasteiger partial charge on any atom is 0.0451 e. The summed E-state index contributed by atoms with van der Waals surface area (Å²) in [6.07, 6.45) is 2.21. The van der Waals surface area contributed by atoms with Gasteiger partial charge >= 0.3 is 0 Å². The Morgan fingerprint density at radius 2 is 1.75 bits per heavy atom. The Morgan fingerprint density at radius 3 is 2.45 bits per heavy atom. The summed E-state index contributed by atoms with van der Waals surface area (Å²) in [4.78, 5) is 2.30. The number of anilines is 1. The zero-order valence-corrected chi connectivity index (χ0v) is 12.6. The molecule has 0 amide bonds. The van der Waals surface area contributed by atoms with Crippen LogP contribution in [0, 0.1) is 0 Å². The molecule has 0 fully saturated rings. The van der Waals surface area contributed by atoms with E-state index in [1.54, 1.807) is 0 Å². The predicted molar refractivity (Wildman–Crippen MR) is 87.0 cm³/mol. The van der Waals surface area contributed by atoms with Crippen LogP contribution in [-0.4, -0.2) is 18.5 Å². The lowest BCUT2D eigenvalue weighted by molar-refractivity contribution is 0.322. The second kappa shape index (κ2) is 7.32. The lowest BCUT2D eigenvalue weighted by Gasteiger charge is -2.17. The third kappa shape index (κ3) is 4.55. The summed E-state index contributed by atoms with van der Waals surface area (Å²) in [5.41, 5.74) is 9.03. The topological polar surface area (TPSA) is 29.3 Å². The van der Waals surface area contributed by atoms with Crippen LogP contribution in [-0.2, 0) is 13.0 Å². The Morgan fingerprint density at radius 1 is 1.05 bits per heavy atom. The van der Waals surface area contributed by atoms with Gasteiger partial charge in [0.05, 0.1) is 0 Å². The van der Waals surface area contributed by atoms with Crippen molar-refractivity contribution >= 4 is 17.3 Å². The largest absolute Gasteiger partial charge is 0.399 e. The first-order valence-corrected chi connectivity index (χ1v) is 7.29. The summed E-state index contributed by atoms with van der Waals surface area (Å²) in [5, 5.41) is 0.845. The highest BCUT2D eigenvalue weighted by Crippen LogP contribution is 2.16. The van der Waals surface area contributed by atoms with Crippen LogP contribution in [0.1, 0.15) is 17.5 Å². The molecule has 0 heterocycles. The quantitative estimate of drug-likeness (QED) is 0.815. The normalized spacial score (nSPS) is 10.9. The van der Waals surface area contributed by atoms with Crippen molar-refractivity contribution in [3.05, 3.63) is 64.7 Å². The molecule has 0 aliphatic carbocycles. The summed E-state index contributed by atoms with van der Waals surface area (Å²) >= 11 is 6.17. The maximum absolute atomic E-state index is 6.17. The van der Waals surface area contributed by atoms with Gasteiger partial charge in [0.1, 0.15) is 0 Å². The Hall–Kier alpha value is -1.51. The summed E-state index contributed by atoms with van der Waals surface area (Å²) in [7, 11) is 2.13. The van der Waals surface area contributed by atoms with Crippen molar-refractivity contribution in [2.45, 2.75) is 19.4 Å². The maximum atomic E-state index is 6.17. The summed E-state index contributed by atoms with van der Waals surface area (Å²) < 4.78 is 0. The fraction of sp³-hybridized carbons (Fsp3) is 0.294. The van der Waals surface area contributed by atoms with Crippen LogP contribution < -0.4 is 5.73 Å². The van der Waals surface area contributed by atoms with Gasteiger partial charge in [-0.15, -0.1) is 0 Å². The van der Waals surface area contributed by atoms with Crippen molar-refractivity contribution < 1.29 is 0 Å². The van der Waals surface area contributed by atoms with Crippen LogP contribution >= 0.6 is 11.6 Å². The van der Waals surface area contributed by atoms with Gasteiger partial charge in [-0.2, -0.15) is 0 Å². The minimum Gasteiger partial charge on any atom is -0.399 e. The minimum atomic E-state index is 0.824. The van der Waals surface area contributed by atoms with Gasteiger partial charge in [-0.25, -0.2) is 0 Å². The molecule has 0 saturated heterocycles. The standard InChI is InChI=1S/C17H21ClN2/c1-20(13-15-6-2-3-7-17(15)18)12-4-5-14-8-10-16(19)11-9-14/h2-3,6-11H,4-5,12-13,19H2,1H3. The molecule has 0 unspecified atom stereocenters. The van der Waals surface area contributed by atoms with Crippen LogP contribution in [0.5, 0.6) is 0 Å². The third-order valence-corrected chi connectivity index (χ3v) is 3.75. The monoisotopic (exact) mass is 288 g/mol. The van der Waals surface area contributed by atoms with E-state index in [4.69, 9.17) is 17.3 Å². The van der Waals surface area contributed by atoms with Gasteiger partial charge in [0.25, 0.3) is 0 Å². The number of hydrogen-bond acceptors (Lipinski definition) is 2. The van der Waals surface area contributed by atoms with E-state index >= 15 is 0 Å². The molecule has 2 aromatic rings. The van der Waals surface area contributed by atoms with Gasteiger partial charge in [0, 0.05) is 17.3 Å². The fourth-order valence-electron chi connectivity index (χ4n) is 2.23. The third-order valence-electron chi connectivity index (χ3n) is 3.38. The van der Waals surface area contributed by atoms with Crippen molar-refractivity contribution in [3.8, 4) is 0 Å². The predicted octanol–water partition coefficient (Wildman–Crippen LogP) is 3.99. The average molecular weight is 289 g/mol. The molecule has 20 heavy (non-hydrogen) atoms. The molecule has 0 bridgehead atoms. The smallest absolute Gasteiger partial charge is 0.0451 e. The molecule has 2 rings (SSSR count). The van der Waals surface area contributed by atoms with Crippen molar-refractivity contribution in [3.63, 3.8) is 0 Å². The van der Waals surface area contributed by atoms with Gasteiger partial charge in [-0.05, 0) is 55.8 Å². The first-order valence-electron chi connectivity index (χ1n) is 6.91. The molecule has 0 spiro atoms. The molecule has 0 saturated carbocycles. The molecular weight excluding hydrogens is 268 g/mol. The molecule has 3 heteroatoms. The molecule has 0 radical (unpaired) electrons. The average Bonchev–Trinajstić information content (AvgIpc) is 2.44. The van der Waals surface area contributed by atoms with Crippen LogP contribution in [0.3, 0.4) is 0 Å². The zero-order chi connectivity index (χ0) is 14.4. The number of rotatable bonds is 6. The highest BCUT2D eigenvalue weighted by Gasteiger charge is 2.03. The first kappa shape index (κ1) is 14.9. The van der Waals surface area contributed by atoms with Crippen molar-refractivity contribution in [2.24, 2.45) is 0 Å². The molecule has 106 valence electrons. The van der Waals surface area contributed by atoms with E-state index in [-0.39, 0.29) is 0 Å². The number of hydrogen-bond donors (Lipinski definition) is 1. The van der Waals surface area contributed by atoms with Crippen LogP contribution in [0.25, 0.3) is 0 Å². The highest BCUT2D eigenvalue weighted by atomic mass is 35.5. The molecule has 2 aromatic carbocycles. The Bertz CT molecular complexity index is 537. The molecule has 0 aliphatic heterocycles. The molecule has 2 nitrogen and oxygen atoms in total. The SMILES string of the molecule is CN(CCCc1ccc(N)cc1)Cc1ccccc1Cl. The summed E-state index contributed by atoms with van der Waals surface area (Å²) in [6.45, 7) is 1.94. The Labute approximate surface area is 126 Å². The van der Waals surface area contributed by atoms with Gasteiger partial charge in [0.15, 0.2) is 0 Å². The van der Waals surface area contributed by atoms with E-state index in [9.17, 15) is 0 Å². The van der Waals surface area contributed by atoms with E-state index in [2.05, 4.69) is 30.1 Å². The summed E-state index contributed by atoms with van der Waals surface area (Å²) in [5.74, 6) is 0. The van der Waals surface area contributed by atoms with Crippen molar-refractivity contribution in [1.29, 1.82) is 0 Å². The van der Waals surface area contributed by atoms with E-state index in [1.165, 1.54) is 11.1 Å². The van der Waals surface area contributed by atoms with Gasteiger partial charge in [-0.1, -0.05) is 41.9 Å². The van der Waals surface area contributed by atoms with Crippen LogP contribution in [0.4, 0.5) is 5.69 Å². The van der Waals surface area contributed by atoms with Crippen molar-refractivity contribution in [1.82, 2.24) is 4.90 Å². The number of nitrogen functional groups attached to an aromatic ring is 1. The molecule has 2 N–H and O–H groups in total. The molecule has 0 atom stereocenters. The Balaban J connectivity index is 1.76. The second-order valence-corrected chi connectivity index (χ2v) is 5.58. The molecule has 0 aromatic heterocycles. The van der Waals surface area contributed by atoms with Gasteiger partial charge in [-0.3, -0.25) is 0 Å². The number of benzene rings is 2.